The first-order valence-corrected chi connectivity index (χ1v) is 8.46. The van der Waals surface area contributed by atoms with E-state index in [1.807, 2.05) is 36.4 Å². The lowest BCUT2D eigenvalue weighted by molar-refractivity contribution is 0.410. The molecule has 0 N–H and O–H groups in total. The Bertz CT molecular complexity index is 840. The number of thioether (sulfide) groups is 1. The average Bonchev–Trinajstić information content (AvgIpc) is 3.08. The molecule has 0 atom stereocenters. The summed E-state index contributed by atoms with van der Waals surface area (Å²) in [6.45, 7) is 0. The predicted molar refractivity (Wildman–Crippen MR) is 93.3 cm³/mol. The first-order valence-electron chi connectivity index (χ1n) is 7.10. The molecule has 124 valence electrons. The maximum atomic E-state index is 6.07. The zero-order valence-electron chi connectivity index (χ0n) is 13.1. The van der Waals surface area contributed by atoms with E-state index >= 15 is 0 Å². The standard InChI is InChI=1S/C16H15ClN4O2S/c1-22-14-8-7-12(17)9-11(14)10-24-16-18-19-20-21(16)13-5-3-4-6-15(13)23-2/h3-9H,10H2,1-2H3. The summed E-state index contributed by atoms with van der Waals surface area (Å²) in [6.07, 6.45) is 0. The van der Waals surface area contributed by atoms with Gasteiger partial charge in [0, 0.05) is 16.3 Å². The third-order valence-corrected chi connectivity index (χ3v) is 4.56. The number of para-hydroxylation sites is 2. The summed E-state index contributed by atoms with van der Waals surface area (Å²) in [7, 11) is 3.25. The van der Waals surface area contributed by atoms with Gasteiger partial charge in [0.05, 0.1) is 14.2 Å². The highest BCUT2D eigenvalue weighted by Gasteiger charge is 2.14. The molecule has 2 aromatic carbocycles. The van der Waals surface area contributed by atoms with Crippen LogP contribution in [0.25, 0.3) is 5.69 Å². The topological polar surface area (TPSA) is 62.1 Å². The minimum Gasteiger partial charge on any atom is -0.496 e. The molecular formula is C16H15ClN4O2S. The summed E-state index contributed by atoms with van der Waals surface area (Å²) in [5.74, 6) is 2.11. The summed E-state index contributed by atoms with van der Waals surface area (Å²) in [4.78, 5) is 0. The molecule has 0 unspecified atom stereocenters. The molecule has 0 bridgehead atoms. The van der Waals surface area contributed by atoms with Crippen molar-refractivity contribution in [3.05, 3.63) is 53.1 Å². The van der Waals surface area contributed by atoms with Crippen LogP contribution in [0, 0.1) is 0 Å². The van der Waals surface area contributed by atoms with E-state index in [1.54, 1.807) is 25.0 Å². The van der Waals surface area contributed by atoms with Crippen LogP contribution in [0.3, 0.4) is 0 Å². The van der Waals surface area contributed by atoms with Gasteiger partial charge in [-0.3, -0.25) is 0 Å². The lowest BCUT2D eigenvalue weighted by Crippen LogP contribution is -2.02. The van der Waals surface area contributed by atoms with Crippen molar-refractivity contribution in [3.63, 3.8) is 0 Å². The van der Waals surface area contributed by atoms with E-state index in [0.717, 1.165) is 17.0 Å². The van der Waals surface area contributed by atoms with Crippen molar-refractivity contribution in [3.8, 4) is 17.2 Å². The van der Waals surface area contributed by atoms with Gasteiger partial charge in [-0.15, -0.1) is 5.10 Å². The van der Waals surface area contributed by atoms with Gasteiger partial charge in [-0.25, -0.2) is 0 Å². The molecule has 0 fully saturated rings. The van der Waals surface area contributed by atoms with Gasteiger partial charge in [0.2, 0.25) is 5.16 Å². The minimum absolute atomic E-state index is 0.624. The Morgan fingerprint density at radius 2 is 1.88 bits per heavy atom. The molecule has 6 nitrogen and oxygen atoms in total. The highest BCUT2D eigenvalue weighted by Crippen LogP contribution is 2.31. The van der Waals surface area contributed by atoms with Crippen molar-refractivity contribution in [2.24, 2.45) is 0 Å². The van der Waals surface area contributed by atoms with E-state index in [1.165, 1.54) is 11.8 Å². The smallest absolute Gasteiger partial charge is 0.214 e. The number of hydrogen-bond donors (Lipinski definition) is 0. The number of nitrogens with zero attached hydrogens (tertiary/aromatic N) is 4. The van der Waals surface area contributed by atoms with E-state index in [0.29, 0.717) is 21.7 Å². The fourth-order valence-corrected chi connectivity index (χ4v) is 3.28. The Labute approximate surface area is 148 Å². The molecule has 0 saturated carbocycles. The van der Waals surface area contributed by atoms with Crippen molar-refractivity contribution in [2.45, 2.75) is 10.9 Å². The summed E-state index contributed by atoms with van der Waals surface area (Å²) < 4.78 is 12.4. The normalized spacial score (nSPS) is 10.6. The fourth-order valence-electron chi connectivity index (χ4n) is 2.23. The van der Waals surface area contributed by atoms with Crippen LogP contribution >= 0.6 is 23.4 Å². The Balaban J connectivity index is 1.86. The maximum Gasteiger partial charge on any atom is 0.214 e. The Kier molecular flexibility index (Phi) is 5.22. The van der Waals surface area contributed by atoms with Crippen molar-refractivity contribution in [2.75, 3.05) is 14.2 Å². The number of rotatable bonds is 6. The number of hydrogen-bond acceptors (Lipinski definition) is 6. The van der Waals surface area contributed by atoms with E-state index in [2.05, 4.69) is 15.5 Å². The molecule has 1 heterocycles. The molecule has 0 aliphatic carbocycles. The molecule has 8 heteroatoms. The van der Waals surface area contributed by atoms with Crippen LogP contribution in [0.5, 0.6) is 11.5 Å². The molecule has 0 spiro atoms. The fraction of sp³-hybridized carbons (Fsp3) is 0.188. The van der Waals surface area contributed by atoms with Crippen LogP contribution in [-0.4, -0.2) is 34.4 Å². The Morgan fingerprint density at radius 1 is 1.08 bits per heavy atom. The van der Waals surface area contributed by atoms with Crippen molar-refractivity contribution >= 4 is 23.4 Å². The summed E-state index contributed by atoms with van der Waals surface area (Å²) in [5.41, 5.74) is 1.76. The minimum atomic E-state index is 0.624. The predicted octanol–water partition coefficient (Wildman–Crippen LogP) is 3.63. The van der Waals surface area contributed by atoms with Crippen LogP contribution in [0.15, 0.2) is 47.6 Å². The van der Waals surface area contributed by atoms with Crippen LogP contribution in [-0.2, 0) is 5.75 Å². The number of methoxy groups -OCH3 is 2. The first kappa shape index (κ1) is 16.6. The zero-order valence-corrected chi connectivity index (χ0v) is 14.7. The van der Waals surface area contributed by atoms with Crippen LogP contribution in [0.4, 0.5) is 0 Å². The average molecular weight is 363 g/mol. The molecular weight excluding hydrogens is 348 g/mol. The summed E-state index contributed by atoms with van der Waals surface area (Å²) >= 11 is 7.57. The quantitative estimate of drug-likeness (QED) is 0.624. The van der Waals surface area contributed by atoms with E-state index in [4.69, 9.17) is 21.1 Å². The third kappa shape index (κ3) is 3.47. The maximum absolute atomic E-state index is 6.07. The summed E-state index contributed by atoms with van der Waals surface area (Å²) in [6, 6.07) is 13.1. The largest absolute Gasteiger partial charge is 0.496 e. The van der Waals surface area contributed by atoms with E-state index < -0.39 is 0 Å². The zero-order chi connectivity index (χ0) is 16.9. The second-order valence-electron chi connectivity index (χ2n) is 4.79. The highest BCUT2D eigenvalue weighted by molar-refractivity contribution is 7.98. The molecule has 24 heavy (non-hydrogen) atoms. The van der Waals surface area contributed by atoms with Gasteiger partial charge in [0.25, 0.3) is 0 Å². The number of tetrazole rings is 1. The molecule has 0 radical (unpaired) electrons. The molecule has 3 aromatic rings. The van der Waals surface area contributed by atoms with E-state index in [9.17, 15) is 0 Å². The summed E-state index contributed by atoms with van der Waals surface area (Å²) in [5, 5.41) is 13.3. The van der Waals surface area contributed by atoms with Gasteiger partial charge < -0.3 is 9.47 Å². The van der Waals surface area contributed by atoms with E-state index in [-0.39, 0.29) is 0 Å². The number of benzene rings is 2. The number of ether oxygens (including phenoxy) is 2. The second-order valence-corrected chi connectivity index (χ2v) is 6.17. The molecule has 0 amide bonds. The lowest BCUT2D eigenvalue weighted by Gasteiger charge is -2.10. The lowest BCUT2D eigenvalue weighted by atomic mass is 10.2. The van der Waals surface area contributed by atoms with Gasteiger partial charge in [-0.2, -0.15) is 4.68 Å². The van der Waals surface area contributed by atoms with Gasteiger partial charge in [0.15, 0.2) is 0 Å². The van der Waals surface area contributed by atoms with Gasteiger partial charge >= 0.3 is 0 Å². The first-order chi connectivity index (χ1) is 11.7. The van der Waals surface area contributed by atoms with Gasteiger partial charge in [-0.05, 0) is 40.8 Å². The van der Waals surface area contributed by atoms with Crippen LogP contribution in [0.2, 0.25) is 5.02 Å². The van der Waals surface area contributed by atoms with Crippen molar-refractivity contribution < 1.29 is 9.47 Å². The number of aromatic nitrogens is 4. The van der Waals surface area contributed by atoms with Crippen molar-refractivity contribution in [1.82, 2.24) is 20.2 Å². The van der Waals surface area contributed by atoms with Crippen LogP contribution < -0.4 is 9.47 Å². The monoisotopic (exact) mass is 362 g/mol. The third-order valence-electron chi connectivity index (χ3n) is 3.35. The van der Waals surface area contributed by atoms with Crippen LogP contribution in [0.1, 0.15) is 5.56 Å². The molecule has 3 rings (SSSR count). The Hall–Kier alpha value is -2.25. The second kappa shape index (κ2) is 7.55. The Morgan fingerprint density at radius 3 is 2.67 bits per heavy atom. The number of halogens is 1. The van der Waals surface area contributed by atoms with Gasteiger partial charge in [-0.1, -0.05) is 35.5 Å². The highest BCUT2D eigenvalue weighted by atomic mass is 35.5. The van der Waals surface area contributed by atoms with Crippen molar-refractivity contribution in [1.29, 1.82) is 0 Å². The van der Waals surface area contributed by atoms with Gasteiger partial charge in [0.1, 0.15) is 17.2 Å². The molecule has 0 saturated heterocycles. The molecule has 1 aromatic heterocycles. The molecule has 0 aliphatic heterocycles. The SMILES string of the molecule is COc1ccc(Cl)cc1CSc1nnnn1-c1ccccc1OC. The molecule has 0 aliphatic rings.